The SMILES string of the molecule is COc1ccccc1[C@@H](C)N(C)C(=O)c1ccc(C2SCCCS2)cc1. The molecule has 0 aromatic heterocycles. The highest BCUT2D eigenvalue weighted by Crippen LogP contribution is 2.43. The van der Waals surface area contributed by atoms with Gasteiger partial charge in [-0.15, -0.1) is 23.5 Å². The molecule has 26 heavy (non-hydrogen) atoms. The quantitative estimate of drug-likeness (QED) is 0.687. The third-order valence-electron chi connectivity index (χ3n) is 4.75. The molecule has 1 amide bonds. The number of carbonyl (C=O) groups is 1. The van der Waals surface area contributed by atoms with E-state index in [1.807, 2.05) is 73.9 Å². The smallest absolute Gasteiger partial charge is 0.254 e. The van der Waals surface area contributed by atoms with Crippen molar-refractivity contribution in [3.8, 4) is 5.75 Å². The van der Waals surface area contributed by atoms with Crippen LogP contribution in [0.4, 0.5) is 0 Å². The van der Waals surface area contributed by atoms with E-state index in [0.717, 1.165) is 16.9 Å². The van der Waals surface area contributed by atoms with Crippen LogP contribution in [0, 0.1) is 0 Å². The second kappa shape index (κ2) is 8.87. The third-order valence-corrected chi connectivity index (χ3v) is 7.76. The molecule has 1 aliphatic rings. The van der Waals surface area contributed by atoms with E-state index in [0.29, 0.717) is 4.58 Å². The molecule has 0 bridgehead atoms. The van der Waals surface area contributed by atoms with Gasteiger partial charge in [0.05, 0.1) is 17.7 Å². The van der Waals surface area contributed by atoms with Gasteiger partial charge in [-0.05, 0) is 48.6 Å². The first-order chi connectivity index (χ1) is 12.6. The number of nitrogens with zero attached hydrogens (tertiary/aromatic N) is 1. The van der Waals surface area contributed by atoms with Crippen molar-refractivity contribution >= 4 is 29.4 Å². The van der Waals surface area contributed by atoms with Gasteiger partial charge in [0.1, 0.15) is 5.75 Å². The van der Waals surface area contributed by atoms with E-state index in [4.69, 9.17) is 4.74 Å². The summed E-state index contributed by atoms with van der Waals surface area (Å²) in [6, 6.07) is 15.9. The highest BCUT2D eigenvalue weighted by Gasteiger charge is 2.22. The topological polar surface area (TPSA) is 29.5 Å². The van der Waals surface area contributed by atoms with Gasteiger partial charge in [0.25, 0.3) is 5.91 Å². The number of amides is 1. The molecule has 5 heteroatoms. The van der Waals surface area contributed by atoms with Crippen LogP contribution < -0.4 is 4.74 Å². The Balaban J connectivity index is 1.73. The average molecular weight is 388 g/mol. The zero-order valence-electron chi connectivity index (χ0n) is 15.5. The first-order valence-corrected chi connectivity index (χ1v) is 10.9. The largest absolute Gasteiger partial charge is 0.496 e. The summed E-state index contributed by atoms with van der Waals surface area (Å²) in [7, 11) is 3.51. The molecule has 138 valence electrons. The molecule has 1 fully saturated rings. The van der Waals surface area contributed by atoms with E-state index >= 15 is 0 Å². The van der Waals surface area contributed by atoms with E-state index in [2.05, 4.69) is 12.1 Å². The van der Waals surface area contributed by atoms with Gasteiger partial charge in [0.2, 0.25) is 0 Å². The Bertz CT molecular complexity index is 742. The number of thioether (sulfide) groups is 2. The van der Waals surface area contributed by atoms with Crippen molar-refractivity contribution in [1.82, 2.24) is 4.90 Å². The molecule has 1 saturated heterocycles. The Labute approximate surface area is 164 Å². The van der Waals surface area contributed by atoms with Crippen LogP contribution in [0.25, 0.3) is 0 Å². The third kappa shape index (κ3) is 4.21. The van der Waals surface area contributed by atoms with E-state index < -0.39 is 0 Å². The van der Waals surface area contributed by atoms with Crippen LogP contribution >= 0.6 is 23.5 Å². The highest BCUT2D eigenvalue weighted by molar-refractivity contribution is 8.16. The molecule has 2 aromatic rings. The molecule has 2 aromatic carbocycles. The minimum atomic E-state index is -0.0669. The standard InChI is InChI=1S/C21H25NO2S2/c1-15(18-7-4-5-8-19(18)24-3)22(2)20(23)16-9-11-17(12-10-16)21-25-13-6-14-26-21/h4-5,7-12,15,21H,6,13-14H2,1-3H3/t15-/m1/s1. The van der Waals surface area contributed by atoms with Crippen molar-refractivity contribution in [2.24, 2.45) is 0 Å². The molecule has 0 N–H and O–H groups in total. The number of hydrogen-bond acceptors (Lipinski definition) is 4. The normalized spacial score (nSPS) is 16.1. The Morgan fingerprint density at radius 2 is 1.77 bits per heavy atom. The minimum Gasteiger partial charge on any atom is -0.496 e. The second-order valence-corrected chi connectivity index (χ2v) is 9.11. The van der Waals surface area contributed by atoms with Gasteiger partial charge in [-0.2, -0.15) is 0 Å². The Morgan fingerprint density at radius 1 is 1.12 bits per heavy atom. The lowest BCUT2D eigenvalue weighted by atomic mass is 10.0. The number of para-hydroxylation sites is 1. The van der Waals surface area contributed by atoms with Crippen LogP contribution in [0.3, 0.4) is 0 Å². The fourth-order valence-electron chi connectivity index (χ4n) is 3.06. The highest BCUT2D eigenvalue weighted by atomic mass is 32.2. The molecule has 0 radical (unpaired) electrons. The van der Waals surface area contributed by atoms with E-state index in [1.165, 1.54) is 23.5 Å². The Kier molecular flexibility index (Phi) is 6.54. The van der Waals surface area contributed by atoms with Crippen LogP contribution in [-0.2, 0) is 0 Å². The molecule has 0 saturated carbocycles. The first kappa shape index (κ1) is 19.2. The molecule has 1 heterocycles. The van der Waals surface area contributed by atoms with Crippen LogP contribution in [0.15, 0.2) is 48.5 Å². The minimum absolute atomic E-state index is 0.0268. The van der Waals surface area contributed by atoms with E-state index in [-0.39, 0.29) is 11.9 Å². The summed E-state index contributed by atoms with van der Waals surface area (Å²) in [5.41, 5.74) is 3.04. The van der Waals surface area contributed by atoms with Gasteiger partial charge in [-0.1, -0.05) is 30.3 Å². The van der Waals surface area contributed by atoms with E-state index in [9.17, 15) is 4.79 Å². The summed E-state index contributed by atoms with van der Waals surface area (Å²) < 4.78 is 5.94. The van der Waals surface area contributed by atoms with Crippen molar-refractivity contribution in [3.63, 3.8) is 0 Å². The summed E-state index contributed by atoms with van der Waals surface area (Å²) in [6.07, 6.45) is 1.29. The van der Waals surface area contributed by atoms with Gasteiger partial charge in [-0.3, -0.25) is 4.79 Å². The van der Waals surface area contributed by atoms with Crippen LogP contribution in [0.2, 0.25) is 0 Å². The lowest BCUT2D eigenvalue weighted by molar-refractivity contribution is 0.0741. The number of carbonyl (C=O) groups excluding carboxylic acids is 1. The zero-order valence-corrected chi connectivity index (χ0v) is 17.1. The number of benzene rings is 2. The maximum absolute atomic E-state index is 12.9. The van der Waals surface area contributed by atoms with E-state index in [1.54, 1.807) is 12.0 Å². The summed E-state index contributed by atoms with van der Waals surface area (Å²) in [6.45, 7) is 2.03. The summed E-state index contributed by atoms with van der Waals surface area (Å²) in [5, 5.41) is 0. The summed E-state index contributed by atoms with van der Waals surface area (Å²) in [5.74, 6) is 3.27. The van der Waals surface area contributed by atoms with Crippen molar-refractivity contribution in [1.29, 1.82) is 0 Å². The molecule has 0 unspecified atom stereocenters. The van der Waals surface area contributed by atoms with Gasteiger partial charge >= 0.3 is 0 Å². The molecule has 0 aliphatic carbocycles. The lowest BCUT2D eigenvalue weighted by Crippen LogP contribution is -2.29. The molecule has 3 rings (SSSR count). The average Bonchev–Trinajstić information content (AvgIpc) is 2.73. The van der Waals surface area contributed by atoms with Crippen molar-refractivity contribution in [2.75, 3.05) is 25.7 Å². The number of rotatable bonds is 5. The molecule has 3 nitrogen and oxygen atoms in total. The Hall–Kier alpha value is -1.59. The van der Waals surface area contributed by atoms with Crippen LogP contribution in [-0.4, -0.2) is 36.5 Å². The van der Waals surface area contributed by atoms with Crippen molar-refractivity contribution in [3.05, 3.63) is 65.2 Å². The maximum Gasteiger partial charge on any atom is 0.254 e. The lowest BCUT2D eigenvalue weighted by Gasteiger charge is -2.27. The molecule has 1 aliphatic heterocycles. The molecular formula is C21H25NO2S2. The van der Waals surface area contributed by atoms with Gasteiger partial charge < -0.3 is 9.64 Å². The Morgan fingerprint density at radius 3 is 2.42 bits per heavy atom. The predicted molar refractivity (Wildman–Crippen MR) is 112 cm³/mol. The summed E-state index contributed by atoms with van der Waals surface area (Å²) in [4.78, 5) is 14.7. The van der Waals surface area contributed by atoms with Crippen LogP contribution in [0.5, 0.6) is 5.75 Å². The maximum atomic E-state index is 12.9. The fraction of sp³-hybridized carbons (Fsp3) is 0.381. The summed E-state index contributed by atoms with van der Waals surface area (Å²) >= 11 is 3.99. The second-order valence-electron chi connectivity index (χ2n) is 6.38. The monoisotopic (exact) mass is 387 g/mol. The van der Waals surface area contributed by atoms with Gasteiger partial charge in [0, 0.05) is 18.2 Å². The predicted octanol–water partition coefficient (Wildman–Crippen LogP) is 5.40. The molecule has 1 atom stereocenters. The van der Waals surface area contributed by atoms with Crippen molar-refractivity contribution in [2.45, 2.75) is 24.0 Å². The zero-order chi connectivity index (χ0) is 18.5. The number of ether oxygens (including phenoxy) is 1. The van der Waals surface area contributed by atoms with Gasteiger partial charge in [0.15, 0.2) is 0 Å². The first-order valence-electron chi connectivity index (χ1n) is 8.85. The van der Waals surface area contributed by atoms with Gasteiger partial charge in [-0.25, -0.2) is 0 Å². The molecular weight excluding hydrogens is 362 g/mol. The number of methoxy groups -OCH3 is 1. The van der Waals surface area contributed by atoms with Crippen LogP contribution in [0.1, 0.15) is 45.5 Å². The van der Waals surface area contributed by atoms with Crippen molar-refractivity contribution < 1.29 is 9.53 Å². The number of hydrogen-bond donors (Lipinski definition) is 0. The molecule has 0 spiro atoms. The fourth-order valence-corrected chi connectivity index (χ4v) is 5.96.